The number of pyridine rings is 1. The molecule has 0 amide bonds. The molecule has 0 atom stereocenters. The average Bonchev–Trinajstić information content (AvgIpc) is 2.48. The molecule has 0 saturated heterocycles. The zero-order valence-corrected chi connectivity index (χ0v) is 12.3. The molecule has 0 spiro atoms. The van der Waals surface area contributed by atoms with E-state index in [1.165, 1.54) is 19.3 Å². The highest BCUT2D eigenvalue weighted by atomic mass is 15.3. The van der Waals surface area contributed by atoms with Crippen molar-refractivity contribution in [3.8, 4) is 6.19 Å². The molecule has 5 heteroatoms. The number of nitrogens with zero attached hydrogens (tertiary/aromatic N) is 4. The van der Waals surface area contributed by atoms with E-state index < -0.39 is 0 Å². The molecule has 0 unspecified atom stereocenters. The number of rotatable bonds is 7. The van der Waals surface area contributed by atoms with Crippen molar-refractivity contribution in [1.82, 2.24) is 15.2 Å². The van der Waals surface area contributed by atoms with E-state index in [0.29, 0.717) is 5.96 Å². The van der Waals surface area contributed by atoms with Crippen LogP contribution in [0.25, 0.3) is 0 Å². The predicted molar refractivity (Wildman–Crippen MR) is 81.5 cm³/mol. The van der Waals surface area contributed by atoms with E-state index >= 15 is 0 Å². The summed E-state index contributed by atoms with van der Waals surface area (Å²) in [6.07, 6.45) is 10.1. The van der Waals surface area contributed by atoms with Gasteiger partial charge in [-0.05, 0) is 25.5 Å². The second kappa shape index (κ2) is 9.79. The van der Waals surface area contributed by atoms with Crippen LogP contribution in [0, 0.1) is 11.5 Å². The van der Waals surface area contributed by atoms with Crippen LogP contribution in [-0.2, 0) is 0 Å². The molecule has 0 aromatic carbocycles. The molecule has 0 fully saturated rings. The SMILES string of the molecule is CCCCCCN(CC)C(=Nc1cccnc1)NC#N. The lowest BCUT2D eigenvalue weighted by Gasteiger charge is -2.23. The molecular formula is C15H23N5. The van der Waals surface area contributed by atoms with Crippen LogP contribution in [0.4, 0.5) is 5.69 Å². The Hall–Kier alpha value is -2.09. The van der Waals surface area contributed by atoms with E-state index in [-0.39, 0.29) is 0 Å². The highest BCUT2D eigenvalue weighted by Gasteiger charge is 2.09. The molecule has 1 aromatic rings. The number of aromatic nitrogens is 1. The van der Waals surface area contributed by atoms with E-state index in [2.05, 4.69) is 34.0 Å². The first kappa shape index (κ1) is 16.0. The van der Waals surface area contributed by atoms with E-state index in [9.17, 15) is 0 Å². The van der Waals surface area contributed by atoms with E-state index in [1.54, 1.807) is 12.4 Å². The van der Waals surface area contributed by atoms with Gasteiger partial charge in [0.1, 0.15) is 0 Å². The molecule has 1 aromatic heterocycles. The fourth-order valence-corrected chi connectivity index (χ4v) is 1.91. The van der Waals surface area contributed by atoms with E-state index in [4.69, 9.17) is 5.26 Å². The maximum absolute atomic E-state index is 8.88. The molecular weight excluding hydrogens is 250 g/mol. The zero-order chi connectivity index (χ0) is 14.6. The predicted octanol–water partition coefficient (Wildman–Crippen LogP) is 3.04. The molecule has 0 bridgehead atoms. The molecule has 0 aliphatic carbocycles. The molecule has 1 rings (SSSR count). The first-order valence-corrected chi connectivity index (χ1v) is 7.20. The Labute approximate surface area is 121 Å². The van der Waals surface area contributed by atoms with Gasteiger partial charge in [0.05, 0.1) is 11.9 Å². The second-order valence-electron chi connectivity index (χ2n) is 4.52. The van der Waals surface area contributed by atoms with Gasteiger partial charge in [-0.15, -0.1) is 0 Å². The number of aliphatic imine (C=N–C) groups is 1. The van der Waals surface area contributed by atoms with Gasteiger partial charge in [0, 0.05) is 19.3 Å². The van der Waals surface area contributed by atoms with Crippen LogP contribution < -0.4 is 5.32 Å². The lowest BCUT2D eigenvalue weighted by atomic mass is 10.2. The van der Waals surface area contributed by atoms with E-state index in [1.807, 2.05) is 18.3 Å². The van der Waals surface area contributed by atoms with Crippen LogP contribution in [-0.4, -0.2) is 28.9 Å². The number of hydrogen-bond donors (Lipinski definition) is 1. The van der Waals surface area contributed by atoms with Gasteiger partial charge < -0.3 is 4.90 Å². The maximum Gasteiger partial charge on any atom is 0.212 e. The van der Waals surface area contributed by atoms with Gasteiger partial charge in [0.25, 0.3) is 0 Å². The van der Waals surface area contributed by atoms with Crippen molar-refractivity contribution >= 4 is 11.6 Å². The molecule has 0 aliphatic rings. The molecule has 0 saturated carbocycles. The van der Waals surface area contributed by atoms with Crippen molar-refractivity contribution in [2.75, 3.05) is 13.1 Å². The van der Waals surface area contributed by atoms with Crippen molar-refractivity contribution in [3.63, 3.8) is 0 Å². The fraction of sp³-hybridized carbons (Fsp3) is 0.533. The molecule has 108 valence electrons. The number of guanidine groups is 1. The van der Waals surface area contributed by atoms with Gasteiger partial charge in [-0.3, -0.25) is 10.3 Å². The van der Waals surface area contributed by atoms with Crippen LogP contribution in [0.15, 0.2) is 29.5 Å². The summed E-state index contributed by atoms with van der Waals surface area (Å²) in [5.74, 6) is 0.597. The van der Waals surface area contributed by atoms with Crippen LogP contribution in [0.1, 0.15) is 39.5 Å². The number of hydrogen-bond acceptors (Lipinski definition) is 3. The Balaban J connectivity index is 2.71. The third-order valence-corrected chi connectivity index (χ3v) is 3.01. The second-order valence-corrected chi connectivity index (χ2v) is 4.52. The number of unbranched alkanes of at least 4 members (excludes halogenated alkanes) is 3. The largest absolute Gasteiger partial charge is 0.342 e. The van der Waals surface area contributed by atoms with Crippen molar-refractivity contribution < 1.29 is 0 Å². The van der Waals surface area contributed by atoms with Crippen molar-refractivity contribution in [2.45, 2.75) is 39.5 Å². The van der Waals surface area contributed by atoms with Crippen molar-refractivity contribution in [2.24, 2.45) is 4.99 Å². The van der Waals surface area contributed by atoms with Crippen molar-refractivity contribution in [1.29, 1.82) is 5.26 Å². The first-order valence-electron chi connectivity index (χ1n) is 7.20. The first-order chi connectivity index (χ1) is 9.81. The third kappa shape index (κ3) is 5.70. The summed E-state index contributed by atoms with van der Waals surface area (Å²) in [6.45, 7) is 5.99. The molecule has 20 heavy (non-hydrogen) atoms. The Morgan fingerprint density at radius 1 is 1.40 bits per heavy atom. The van der Waals surface area contributed by atoms with Gasteiger partial charge in [-0.2, -0.15) is 5.26 Å². The third-order valence-electron chi connectivity index (χ3n) is 3.01. The van der Waals surface area contributed by atoms with Gasteiger partial charge in [0.15, 0.2) is 6.19 Å². The summed E-state index contributed by atoms with van der Waals surface area (Å²) in [5, 5.41) is 11.6. The standard InChI is InChI=1S/C15H23N5/c1-3-5-6-7-11-20(4-2)15(18-13-16)19-14-9-8-10-17-12-14/h8-10,12H,3-7,11H2,1-2H3,(H,18,19). The minimum atomic E-state index is 0.597. The lowest BCUT2D eigenvalue weighted by Crippen LogP contribution is -2.39. The minimum Gasteiger partial charge on any atom is -0.342 e. The average molecular weight is 273 g/mol. The summed E-state index contributed by atoms with van der Waals surface area (Å²) in [5.41, 5.74) is 0.747. The van der Waals surface area contributed by atoms with Gasteiger partial charge >= 0.3 is 0 Å². The van der Waals surface area contributed by atoms with Gasteiger partial charge in [0.2, 0.25) is 5.96 Å². The number of nitriles is 1. The van der Waals surface area contributed by atoms with Crippen LogP contribution in [0.3, 0.4) is 0 Å². The highest BCUT2D eigenvalue weighted by molar-refractivity contribution is 5.83. The molecule has 1 heterocycles. The fourth-order valence-electron chi connectivity index (χ4n) is 1.91. The Morgan fingerprint density at radius 2 is 2.25 bits per heavy atom. The van der Waals surface area contributed by atoms with Crippen LogP contribution in [0.5, 0.6) is 0 Å². The lowest BCUT2D eigenvalue weighted by molar-refractivity contribution is 0.411. The quantitative estimate of drug-likeness (QED) is 0.273. The monoisotopic (exact) mass is 273 g/mol. The summed E-state index contributed by atoms with van der Waals surface area (Å²) < 4.78 is 0. The molecule has 0 aliphatic heterocycles. The van der Waals surface area contributed by atoms with Crippen LogP contribution in [0.2, 0.25) is 0 Å². The summed E-state index contributed by atoms with van der Waals surface area (Å²) in [6, 6.07) is 3.71. The van der Waals surface area contributed by atoms with Gasteiger partial charge in [-0.25, -0.2) is 4.99 Å². The molecule has 5 nitrogen and oxygen atoms in total. The highest BCUT2D eigenvalue weighted by Crippen LogP contribution is 2.10. The molecule has 0 radical (unpaired) electrons. The van der Waals surface area contributed by atoms with Gasteiger partial charge in [-0.1, -0.05) is 26.2 Å². The minimum absolute atomic E-state index is 0.597. The maximum atomic E-state index is 8.88. The smallest absolute Gasteiger partial charge is 0.212 e. The summed E-state index contributed by atoms with van der Waals surface area (Å²) in [7, 11) is 0. The Kier molecular flexibility index (Phi) is 7.82. The summed E-state index contributed by atoms with van der Waals surface area (Å²) in [4.78, 5) is 10.6. The topological polar surface area (TPSA) is 64.3 Å². The Bertz CT molecular complexity index is 435. The summed E-state index contributed by atoms with van der Waals surface area (Å²) >= 11 is 0. The zero-order valence-electron chi connectivity index (χ0n) is 12.3. The van der Waals surface area contributed by atoms with E-state index in [0.717, 1.165) is 25.2 Å². The Morgan fingerprint density at radius 3 is 2.85 bits per heavy atom. The van der Waals surface area contributed by atoms with Crippen LogP contribution >= 0.6 is 0 Å². The number of nitrogens with one attached hydrogen (secondary N) is 1. The normalized spacial score (nSPS) is 10.9. The van der Waals surface area contributed by atoms with Crippen molar-refractivity contribution in [3.05, 3.63) is 24.5 Å². The molecule has 1 N–H and O–H groups in total.